The van der Waals surface area contributed by atoms with Crippen LogP contribution in [0.2, 0.25) is 0 Å². The number of fused-ring (bicyclic) bond motifs is 1. The van der Waals surface area contributed by atoms with Crippen LogP contribution in [-0.4, -0.2) is 20.6 Å². The van der Waals surface area contributed by atoms with Gasteiger partial charge in [0, 0.05) is 21.5 Å². The molecule has 0 atom stereocenters. The second-order valence-corrected chi connectivity index (χ2v) is 7.33. The summed E-state index contributed by atoms with van der Waals surface area (Å²) in [6.07, 6.45) is 2.14. The number of rotatable bonds is 5. The highest BCUT2D eigenvalue weighted by Crippen LogP contribution is 2.36. The Morgan fingerprint density at radius 2 is 2.04 bits per heavy atom. The quantitative estimate of drug-likeness (QED) is 0.696. The van der Waals surface area contributed by atoms with Gasteiger partial charge >= 0.3 is 5.97 Å². The van der Waals surface area contributed by atoms with Crippen LogP contribution >= 0.6 is 27.3 Å². The Morgan fingerprint density at radius 1 is 1.33 bits per heavy atom. The molecule has 0 saturated carbocycles. The molecule has 0 spiro atoms. The third-order valence-electron chi connectivity index (χ3n) is 3.77. The summed E-state index contributed by atoms with van der Waals surface area (Å²) in [5.74, 6) is -0.935. The molecule has 2 heterocycles. The second kappa shape index (κ2) is 6.86. The van der Waals surface area contributed by atoms with Gasteiger partial charge in [-0.25, -0.2) is 4.98 Å². The number of carboxylic acid groups (broad SMARTS) is 1. The minimum absolute atomic E-state index is 0.106. The molecule has 0 aliphatic heterocycles. The van der Waals surface area contributed by atoms with Gasteiger partial charge in [0.25, 0.3) is 5.56 Å². The van der Waals surface area contributed by atoms with Gasteiger partial charge in [0.1, 0.15) is 4.83 Å². The molecule has 7 heteroatoms. The molecule has 24 heavy (non-hydrogen) atoms. The van der Waals surface area contributed by atoms with Crippen LogP contribution in [0.1, 0.15) is 18.2 Å². The monoisotopic (exact) mass is 406 g/mol. The summed E-state index contributed by atoms with van der Waals surface area (Å²) in [7, 11) is 0. The van der Waals surface area contributed by atoms with Gasteiger partial charge in [0.15, 0.2) is 0 Å². The molecule has 2 aromatic heterocycles. The van der Waals surface area contributed by atoms with Gasteiger partial charge in [-0.2, -0.15) is 0 Å². The SMILES string of the molecule is CCc1sc2ncn(CCC(=O)O)c(=O)c2c1-c1ccc(Br)cc1. The zero-order chi connectivity index (χ0) is 17.3. The number of benzene rings is 1. The summed E-state index contributed by atoms with van der Waals surface area (Å²) in [5, 5.41) is 9.42. The van der Waals surface area contributed by atoms with E-state index in [0.717, 1.165) is 26.9 Å². The molecule has 0 radical (unpaired) electrons. The van der Waals surface area contributed by atoms with Crippen molar-refractivity contribution in [2.75, 3.05) is 0 Å². The summed E-state index contributed by atoms with van der Waals surface area (Å²) in [4.78, 5) is 29.8. The number of halogens is 1. The maximum absolute atomic E-state index is 12.9. The van der Waals surface area contributed by atoms with Crippen molar-refractivity contribution in [3.8, 4) is 11.1 Å². The van der Waals surface area contributed by atoms with Crippen molar-refractivity contribution in [2.24, 2.45) is 0 Å². The van der Waals surface area contributed by atoms with Crippen LogP contribution in [0.25, 0.3) is 21.3 Å². The summed E-state index contributed by atoms with van der Waals surface area (Å²) in [5.41, 5.74) is 1.69. The highest BCUT2D eigenvalue weighted by molar-refractivity contribution is 9.10. The molecule has 0 aliphatic carbocycles. The Morgan fingerprint density at radius 3 is 2.67 bits per heavy atom. The smallest absolute Gasteiger partial charge is 0.305 e. The van der Waals surface area contributed by atoms with E-state index in [1.54, 1.807) is 0 Å². The number of carboxylic acids is 1. The number of aromatic nitrogens is 2. The van der Waals surface area contributed by atoms with Gasteiger partial charge in [-0.15, -0.1) is 11.3 Å². The van der Waals surface area contributed by atoms with Crippen LogP contribution < -0.4 is 5.56 Å². The maximum Gasteiger partial charge on any atom is 0.305 e. The van der Waals surface area contributed by atoms with E-state index < -0.39 is 5.97 Å². The maximum atomic E-state index is 12.9. The summed E-state index contributed by atoms with van der Waals surface area (Å²) in [6, 6.07) is 7.83. The van der Waals surface area contributed by atoms with E-state index in [1.807, 2.05) is 24.3 Å². The van der Waals surface area contributed by atoms with Crippen molar-refractivity contribution < 1.29 is 9.90 Å². The number of thiophene rings is 1. The van der Waals surface area contributed by atoms with Crippen LogP contribution in [0.4, 0.5) is 0 Å². The zero-order valence-electron chi connectivity index (χ0n) is 13.0. The topological polar surface area (TPSA) is 72.2 Å². The standard InChI is InChI=1S/C17H15BrN2O3S/c1-2-12-14(10-3-5-11(18)6-4-10)15-16(24-12)19-9-20(17(15)23)8-7-13(21)22/h3-6,9H,2,7-8H2,1H3,(H,21,22). The largest absolute Gasteiger partial charge is 0.481 e. The predicted octanol–water partition coefficient (Wildman–Crippen LogP) is 3.92. The highest BCUT2D eigenvalue weighted by Gasteiger charge is 2.18. The first-order valence-corrected chi connectivity index (χ1v) is 9.10. The Balaban J connectivity index is 2.22. The lowest BCUT2D eigenvalue weighted by Crippen LogP contribution is -2.21. The van der Waals surface area contributed by atoms with E-state index in [4.69, 9.17) is 5.11 Å². The number of hydrogen-bond donors (Lipinski definition) is 1. The molecule has 1 N–H and O–H groups in total. The molecule has 0 amide bonds. The first-order chi connectivity index (χ1) is 11.5. The third kappa shape index (κ3) is 3.14. The molecule has 1 aromatic carbocycles. The van der Waals surface area contributed by atoms with Gasteiger partial charge in [0.05, 0.1) is 18.1 Å². The fourth-order valence-electron chi connectivity index (χ4n) is 2.62. The Kier molecular flexibility index (Phi) is 4.82. The van der Waals surface area contributed by atoms with Crippen LogP contribution in [0.5, 0.6) is 0 Å². The number of hydrogen-bond acceptors (Lipinski definition) is 4. The number of aryl methyl sites for hydroxylation is 2. The lowest BCUT2D eigenvalue weighted by Gasteiger charge is -2.06. The van der Waals surface area contributed by atoms with Crippen molar-refractivity contribution in [1.29, 1.82) is 0 Å². The molecule has 0 unspecified atom stereocenters. The highest BCUT2D eigenvalue weighted by atomic mass is 79.9. The van der Waals surface area contributed by atoms with Crippen LogP contribution in [0.15, 0.2) is 39.9 Å². The van der Waals surface area contributed by atoms with Crippen LogP contribution in [0.3, 0.4) is 0 Å². The molecule has 3 rings (SSSR count). The van der Waals surface area contributed by atoms with Crippen molar-refractivity contribution in [3.05, 3.63) is 50.3 Å². The number of carbonyl (C=O) groups is 1. The normalized spacial score (nSPS) is 11.1. The molecule has 5 nitrogen and oxygen atoms in total. The van der Waals surface area contributed by atoms with Gasteiger partial charge in [-0.1, -0.05) is 35.0 Å². The lowest BCUT2D eigenvalue weighted by molar-refractivity contribution is -0.137. The van der Waals surface area contributed by atoms with Crippen molar-refractivity contribution in [1.82, 2.24) is 9.55 Å². The first kappa shape index (κ1) is 16.9. The number of aliphatic carboxylic acids is 1. The van der Waals surface area contributed by atoms with Crippen LogP contribution in [-0.2, 0) is 17.8 Å². The molecular formula is C17H15BrN2O3S. The summed E-state index contributed by atoms with van der Waals surface area (Å²) in [6.45, 7) is 2.17. The average Bonchev–Trinajstić information content (AvgIpc) is 2.94. The Hall–Kier alpha value is -1.99. The molecule has 0 fully saturated rings. The van der Waals surface area contributed by atoms with Crippen LogP contribution in [0, 0.1) is 0 Å². The molecule has 0 bridgehead atoms. The zero-order valence-corrected chi connectivity index (χ0v) is 15.4. The minimum atomic E-state index is -0.935. The van der Waals surface area contributed by atoms with E-state index in [1.165, 1.54) is 22.2 Å². The predicted molar refractivity (Wildman–Crippen MR) is 98.6 cm³/mol. The molecule has 3 aromatic rings. The second-order valence-electron chi connectivity index (χ2n) is 5.33. The van der Waals surface area contributed by atoms with Crippen molar-refractivity contribution in [2.45, 2.75) is 26.3 Å². The molecule has 0 saturated heterocycles. The van der Waals surface area contributed by atoms with E-state index in [9.17, 15) is 9.59 Å². The van der Waals surface area contributed by atoms with Gasteiger partial charge in [-0.05, 0) is 24.1 Å². The Labute approximate surface area is 150 Å². The molecular weight excluding hydrogens is 392 g/mol. The van der Waals surface area contributed by atoms with Crippen molar-refractivity contribution in [3.63, 3.8) is 0 Å². The van der Waals surface area contributed by atoms with Crippen molar-refractivity contribution >= 4 is 43.5 Å². The average molecular weight is 407 g/mol. The lowest BCUT2D eigenvalue weighted by atomic mass is 10.0. The van der Waals surface area contributed by atoms with E-state index in [-0.39, 0.29) is 18.5 Å². The van der Waals surface area contributed by atoms with Gasteiger partial charge < -0.3 is 5.11 Å². The summed E-state index contributed by atoms with van der Waals surface area (Å²) < 4.78 is 2.35. The fourth-order valence-corrected chi connectivity index (χ4v) is 3.97. The van der Waals surface area contributed by atoms with E-state index in [0.29, 0.717) is 10.2 Å². The van der Waals surface area contributed by atoms with Gasteiger partial charge in [0.2, 0.25) is 0 Å². The minimum Gasteiger partial charge on any atom is -0.481 e. The Bertz CT molecular complexity index is 960. The van der Waals surface area contributed by atoms with E-state index in [2.05, 4.69) is 27.8 Å². The molecule has 124 valence electrons. The fraction of sp³-hybridized carbons (Fsp3) is 0.235. The third-order valence-corrected chi connectivity index (χ3v) is 5.54. The summed E-state index contributed by atoms with van der Waals surface area (Å²) >= 11 is 4.94. The molecule has 0 aliphatic rings. The van der Waals surface area contributed by atoms with E-state index >= 15 is 0 Å². The number of nitrogens with zero attached hydrogens (tertiary/aromatic N) is 2. The first-order valence-electron chi connectivity index (χ1n) is 7.49. The van der Waals surface area contributed by atoms with Gasteiger partial charge in [-0.3, -0.25) is 14.2 Å².